The van der Waals surface area contributed by atoms with Gasteiger partial charge in [0, 0.05) is 6.08 Å². The largest absolute Gasteiger partial charge is 0.498 e. The van der Waals surface area contributed by atoms with Gasteiger partial charge in [0.1, 0.15) is 6.29 Å². The summed E-state index contributed by atoms with van der Waals surface area (Å²) in [6, 6.07) is 0. The van der Waals surface area contributed by atoms with Crippen molar-refractivity contribution in [1.29, 1.82) is 0 Å². The second-order valence-corrected chi connectivity index (χ2v) is 2.86. The van der Waals surface area contributed by atoms with E-state index < -0.39 is 0 Å². The predicted molar refractivity (Wildman–Crippen MR) is 43.2 cm³/mol. The highest BCUT2D eigenvalue weighted by atomic mass is 16.5. The summed E-state index contributed by atoms with van der Waals surface area (Å²) in [4.78, 5) is 9.88. The van der Waals surface area contributed by atoms with E-state index in [9.17, 15) is 4.79 Å². The highest BCUT2D eigenvalue weighted by Crippen LogP contribution is 2.20. The average Bonchev–Trinajstić information content (AvgIpc) is 2.07. The lowest BCUT2D eigenvalue weighted by Crippen LogP contribution is -2.13. The summed E-state index contributed by atoms with van der Waals surface area (Å²) in [7, 11) is 0. The van der Waals surface area contributed by atoms with Crippen molar-refractivity contribution < 1.29 is 9.53 Å². The van der Waals surface area contributed by atoms with Crippen molar-refractivity contribution in [1.82, 2.24) is 0 Å². The molecule has 62 valence electrons. The molecule has 11 heavy (non-hydrogen) atoms. The van der Waals surface area contributed by atoms with Crippen molar-refractivity contribution in [2.45, 2.75) is 38.2 Å². The summed E-state index contributed by atoms with van der Waals surface area (Å²) in [6.45, 7) is 0. The van der Waals surface area contributed by atoms with Crippen molar-refractivity contribution in [3.05, 3.63) is 12.3 Å². The molecule has 2 nitrogen and oxygen atoms in total. The third-order valence-electron chi connectivity index (χ3n) is 1.98. The zero-order valence-corrected chi connectivity index (χ0v) is 6.66. The molecule has 1 aliphatic rings. The molecular weight excluding hydrogens is 140 g/mol. The fourth-order valence-corrected chi connectivity index (χ4v) is 1.39. The maximum absolute atomic E-state index is 9.88. The van der Waals surface area contributed by atoms with Crippen molar-refractivity contribution in [2.75, 3.05) is 0 Å². The SMILES string of the molecule is O=C/C=C/OC1CCCCC1. The van der Waals surface area contributed by atoms with Crippen LogP contribution < -0.4 is 0 Å². The van der Waals surface area contributed by atoms with E-state index in [4.69, 9.17) is 4.74 Å². The van der Waals surface area contributed by atoms with Gasteiger partial charge in [-0.1, -0.05) is 6.42 Å². The second-order valence-electron chi connectivity index (χ2n) is 2.86. The Labute approximate surface area is 67.2 Å². The maximum atomic E-state index is 9.88. The minimum atomic E-state index is 0.361. The summed E-state index contributed by atoms with van der Waals surface area (Å²) in [5, 5.41) is 0. The first-order chi connectivity index (χ1) is 5.43. The van der Waals surface area contributed by atoms with E-state index in [1.54, 1.807) is 0 Å². The van der Waals surface area contributed by atoms with Gasteiger partial charge in [-0.2, -0.15) is 0 Å². The van der Waals surface area contributed by atoms with E-state index >= 15 is 0 Å². The molecule has 0 saturated heterocycles. The topological polar surface area (TPSA) is 26.3 Å². The number of carbonyl (C=O) groups excluding carboxylic acids is 1. The smallest absolute Gasteiger partial charge is 0.145 e. The lowest BCUT2D eigenvalue weighted by atomic mass is 9.98. The van der Waals surface area contributed by atoms with Crippen LogP contribution in [0.5, 0.6) is 0 Å². The standard InChI is InChI=1S/C9H14O2/c10-7-4-8-11-9-5-2-1-3-6-9/h4,7-9H,1-3,5-6H2/b8-4+. The van der Waals surface area contributed by atoms with Gasteiger partial charge < -0.3 is 4.74 Å². The van der Waals surface area contributed by atoms with Gasteiger partial charge in [-0.25, -0.2) is 0 Å². The Balaban J connectivity index is 2.14. The normalized spacial score (nSPS) is 20.4. The van der Waals surface area contributed by atoms with Gasteiger partial charge in [-0.3, -0.25) is 4.79 Å². The van der Waals surface area contributed by atoms with Gasteiger partial charge in [0.25, 0.3) is 0 Å². The lowest BCUT2D eigenvalue weighted by Gasteiger charge is -2.20. The fourth-order valence-electron chi connectivity index (χ4n) is 1.39. The minimum absolute atomic E-state index is 0.361. The number of hydrogen-bond acceptors (Lipinski definition) is 2. The second kappa shape index (κ2) is 4.94. The number of carbonyl (C=O) groups is 1. The Hall–Kier alpha value is -0.790. The monoisotopic (exact) mass is 154 g/mol. The summed E-state index contributed by atoms with van der Waals surface area (Å²) in [6.07, 6.45) is 10.1. The molecule has 0 aromatic carbocycles. The quantitative estimate of drug-likeness (QED) is 0.353. The van der Waals surface area contributed by atoms with Crippen molar-refractivity contribution in [3.63, 3.8) is 0 Å². The third kappa shape index (κ3) is 3.21. The van der Waals surface area contributed by atoms with Crippen LogP contribution in [-0.4, -0.2) is 12.4 Å². The van der Waals surface area contributed by atoms with E-state index in [1.165, 1.54) is 31.6 Å². The number of ether oxygens (including phenoxy) is 1. The fraction of sp³-hybridized carbons (Fsp3) is 0.667. The molecule has 0 heterocycles. The molecule has 0 radical (unpaired) electrons. The zero-order valence-electron chi connectivity index (χ0n) is 6.66. The molecule has 0 spiro atoms. The molecule has 0 unspecified atom stereocenters. The van der Waals surface area contributed by atoms with Crippen LogP contribution in [0.1, 0.15) is 32.1 Å². The van der Waals surface area contributed by atoms with Crippen LogP contribution in [0, 0.1) is 0 Å². The molecule has 1 saturated carbocycles. The van der Waals surface area contributed by atoms with Gasteiger partial charge in [-0.15, -0.1) is 0 Å². The summed E-state index contributed by atoms with van der Waals surface area (Å²) in [5.41, 5.74) is 0. The molecule has 1 aliphatic carbocycles. The molecule has 1 fully saturated rings. The van der Waals surface area contributed by atoms with Crippen LogP contribution in [0.15, 0.2) is 12.3 Å². The summed E-state index contributed by atoms with van der Waals surface area (Å²) >= 11 is 0. The van der Waals surface area contributed by atoms with Crippen LogP contribution in [0.3, 0.4) is 0 Å². The molecular formula is C9H14O2. The van der Waals surface area contributed by atoms with Gasteiger partial charge in [0.15, 0.2) is 0 Å². The first-order valence-corrected chi connectivity index (χ1v) is 4.19. The third-order valence-corrected chi connectivity index (χ3v) is 1.98. The molecule has 0 amide bonds. The van der Waals surface area contributed by atoms with Gasteiger partial charge in [0.2, 0.25) is 0 Å². The molecule has 0 bridgehead atoms. The Kier molecular flexibility index (Phi) is 3.73. The Morgan fingerprint density at radius 3 is 2.55 bits per heavy atom. The maximum Gasteiger partial charge on any atom is 0.145 e. The predicted octanol–water partition coefficient (Wildman–Crippen LogP) is 2.05. The Morgan fingerprint density at radius 1 is 1.18 bits per heavy atom. The van der Waals surface area contributed by atoms with E-state index in [0.717, 1.165) is 19.1 Å². The number of hydrogen-bond donors (Lipinski definition) is 0. The van der Waals surface area contributed by atoms with Crippen LogP contribution in [0.25, 0.3) is 0 Å². The van der Waals surface area contributed by atoms with Crippen molar-refractivity contribution in [2.24, 2.45) is 0 Å². The molecule has 0 aromatic heterocycles. The number of rotatable bonds is 3. The van der Waals surface area contributed by atoms with E-state index in [0.29, 0.717) is 6.10 Å². The molecule has 0 aliphatic heterocycles. The van der Waals surface area contributed by atoms with E-state index in [1.807, 2.05) is 0 Å². The lowest BCUT2D eigenvalue weighted by molar-refractivity contribution is -0.104. The molecule has 0 N–H and O–H groups in total. The molecule has 2 heteroatoms. The molecule has 0 atom stereocenters. The van der Waals surface area contributed by atoms with Crippen molar-refractivity contribution >= 4 is 6.29 Å². The summed E-state index contributed by atoms with van der Waals surface area (Å²) < 4.78 is 5.31. The van der Waals surface area contributed by atoms with Crippen LogP contribution in [-0.2, 0) is 9.53 Å². The van der Waals surface area contributed by atoms with Crippen LogP contribution in [0.4, 0.5) is 0 Å². The molecule has 0 aromatic rings. The van der Waals surface area contributed by atoms with Crippen LogP contribution in [0.2, 0.25) is 0 Å². The first kappa shape index (κ1) is 8.31. The van der Waals surface area contributed by atoms with E-state index in [-0.39, 0.29) is 0 Å². The summed E-state index contributed by atoms with van der Waals surface area (Å²) in [5.74, 6) is 0. The van der Waals surface area contributed by atoms with Gasteiger partial charge >= 0.3 is 0 Å². The highest BCUT2D eigenvalue weighted by Gasteiger charge is 2.12. The van der Waals surface area contributed by atoms with E-state index in [2.05, 4.69) is 0 Å². The Morgan fingerprint density at radius 2 is 1.91 bits per heavy atom. The minimum Gasteiger partial charge on any atom is -0.498 e. The average molecular weight is 154 g/mol. The highest BCUT2D eigenvalue weighted by molar-refractivity contribution is 5.64. The van der Waals surface area contributed by atoms with Crippen LogP contribution >= 0.6 is 0 Å². The Bertz CT molecular complexity index is 134. The number of aldehydes is 1. The first-order valence-electron chi connectivity index (χ1n) is 4.19. The van der Waals surface area contributed by atoms with Gasteiger partial charge in [0.05, 0.1) is 12.4 Å². The van der Waals surface area contributed by atoms with Crippen molar-refractivity contribution in [3.8, 4) is 0 Å². The van der Waals surface area contributed by atoms with Gasteiger partial charge in [-0.05, 0) is 25.7 Å². The zero-order chi connectivity index (χ0) is 7.94. The number of allylic oxidation sites excluding steroid dienone is 1. The molecule has 1 rings (SSSR count).